The van der Waals surface area contributed by atoms with E-state index >= 15 is 0 Å². The molecule has 1 amide bonds. The van der Waals surface area contributed by atoms with Crippen molar-refractivity contribution in [3.8, 4) is 5.69 Å². The molecule has 0 unspecified atom stereocenters. The maximum Gasteiger partial charge on any atom is 0.224 e. The van der Waals surface area contributed by atoms with Gasteiger partial charge in [0.1, 0.15) is 5.69 Å². The van der Waals surface area contributed by atoms with Gasteiger partial charge in [-0.2, -0.15) is 0 Å². The van der Waals surface area contributed by atoms with Crippen LogP contribution in [0.2, 0.25) is 0 Å². The van der Waals surface area contributed by atoms with Crippen LogP contribution in [0.15, 0.2) is 36.5 Å². The predicted molar refractivity (Wildman–Crippen MR) is 86.8 cm³/mol. The first-order valence-electron chi connectivity index (χ1n) is 8.36. The van der Waals surface area contributed by atoms with Crippen LogP contribution >= 0.6 is 0 Å². The zero-order valence-electron chi connectivity index (χ0n) is 13.6. The largest absolute Gasteiger partial charge is 0.345 e. The van der Waals surface area contributed by atoms with E-state index < -0.39 is 5.54 Å². The molecule has 2 aliphatic carbocycles. The van der Waals surface area contributed by atoms with Crippen molar-refractivity contribution in [3.05, 3.63) is 42.2 Å². The van der Waals surface area contributed by atoms with Gasteiger partial charge in [0.05, 0.1) is 17.4 Å². The predicted octanol–water partition coefficient (Wildman–Crippen LogP) is 2.66. The summed E-state index contributed by atoms with van der Waals surface area (Å²) in [5.74, 6) is 1.67. The first-order valence-corrected chi connectivity index (χ1v) is 8.36. The molecule has 2 aromatic rings. The van der Waals surface area contributed by atoms with Crippen molar-refractivity contribution in [3.63, 3.8) is 0 Å². The molecule has 1 heterocycles. The molecule has 0 aliphatic heterocycles. The van der Waals surface area contributed by atoms with Crippen molar-refractivity contribution in [2.45, 2.75) is 38.6 Å². The van der Waals surface area contributed by atoms with Gasteiger partial charge in [0.2, 0.25) is 5.91 Å². The third kappa shape index (κ3) is 2.54. The van der Waals surface area contributed by atoms with E-state index in [0.717, 1.165) is 11.4 Å². The van der Waals surface area contributed by atoms with E-state index in [-0.39, 0.29) is 11.8 Å². The van der Waals surface area contributed by atoms with E-state index in [1.165, 1.54) is 19.3 Å². The van der Waals surface area contributed by atoms with E-state index in [1.807, 2.05) is 50.4 Å². The molecule has 120 valence electrons. The minimum atomic E-state index is -0.513. The number of nitrogens with zero attached hydrogens (tertiary/aromatic N) is 3. The number of hydrogen-bond acceptors (Lipinski definition) is 3. The third-order valence-electron chi connectivity index (χ3n) is 5.30. The zero-order chi connectivity index (χ0) is 16.0. The van der Waals surface area contributed by atoms with Gasteiger partial charge >= 0.3 is 0 Å². The van der Waals surface area contributed by atoms with Crippen LogP contribution in [0.1, 0.15) is 38.8 Å². The van der Waals surface area contributed by atoms with Crippen LogP contribution in [0.3, 0.4) is 0 Å². The summed E-state index contributed by atoms with van der Waals surface area (Å²) in [5.41, 5.74) is 1.23. The Labute approximate surface area is 136 Å². The fourth-order valence-corrected chi connectivity index (χ4v) is 3.92. The average Bonchev–Trinajstić information content (AvgIpc) is 2.95. The summed E-state index contributed by atoms with van der Waals surface area (Å²) < 4.78 is 1.75. The maximum atomic E-state index is 12.5. The average molecular weight is 310 g/mol. The van der Waals surface area contributed by atoms with Gasteiger partial charge in [0.15, 0.2) is 0 Å². The van der Waals surface area contributed by atoms with E-state index in [2.05, 4.69) is 15.6 Å². The second-order valence-electron chi connectivity index (χ2n) is 7.28. The zero-order valence-corrected chi connectivity index (χ0v) is 13.6. The molecular weight excluding hydrogens is 288 g/mol. The number of carbonyl (C=O) groups excluding carboxylic acids is 1. The molecule has 0 saturated heterocycles. The molecule has 1 N–H and O–H groups in total. The van der Waals surface area contributed by atoms with Gasteiger partial charge in [-0.25, -0.2) is 4.68 Å². The second-order valence-corrected chi connectivity index (χ2v) is 7.28. The Morgan fingerprint density at radius 1 is 1.22 bits per heavy atom. The van der Waals surface area contributed by atoms with Crippen molar-refractivity contribution in [1.82, 2.24) is 20.3 Å². The lowest BCUT2D eigenvalue weighted by Crippen LogP contribution is -2.42. The van der Waals surface area contributed by atoms with E-state index in [9.17, 15) is 4.79 Å². The molecule has 2 saturated carbocycles. The molecule has 0 bridgehead atoms. The molecule has 5 nitrogen and oxygen atoms in total. The quantitative estimate of drug-likeness (QED) is 0.944. The number of carbonyl (C=O) groups is 1. The summed E-state index contributed by atoms with van der Waals surface area (Å²) in [5, 5.41) is 11.6. The minimum Gasteiger partial charge on any atom is -0.345 e. The van der Waals surface area contributed by atoms with Crippen LogP contribution in [0.5, 0.6) is 0 Å². The van der Waals surface area contributed by atoms with Crippen LogP contribution in [-0.4, -0.2) is 20.9 Å². The number of hydrogen-bond donors (Lipinski definition) is 1. The highest BCUT2D eigenvalue weighted by Gasteiger charge is 2.57. The highest BCUT2D eigenvalue weighted by atomic mass is 16.2. The van der Waals surface area contributed by atoms with Crippen LogP contribution < -0.4 is 5.32 Å². The number of amides is 1. The van der Waals surface area contributed by atoms with E-state index in [4.69, 9.17) is 0 Å². The van der Waals surface area contributed by atoms with Crippen molar-refractivity contribution in [2.75, 3.05) is 0 Å². The van der Waals surface area contributed by atoms with Crippen molar-refractivity contribution >= 4 is 5.91 Å². The molecule has 4 rings (SSSR count). The Morgan fingerprint density at radius 2 is 1.91 bits per heavy atom. The van der Waals surface area contributed by atoms with E-state index in [1.54, 1.807) is 4.68 Å². The molecule has 2 aliphatic rings. The number of fused-ring (bicyclic) bond motifs is 1. The van der Waals surface area contributed by atoms with Gasteiger partial charge in [0.25, 0.3) is 0 Å². The summed E-state index contributed by atoms with van der Waals surface area (Å²) in [6.07, 6.45) is 5.61. The fourth-order valence-electron chi connectivity index (χ4n) is 3.92. The van der Waals surface area contributed by atoms with Gasteiger partial charge in [-0.1, -0.05) is 29.8 Å². The fraction of sp³-hybridized carbons (Fsp3) is 0.500. The summed E-state index contributed by atoms with van der Waals surface area (Å²) in [4.78, 5) is 12.5. The molecular formula is C18H22N4O. The summed E-state index contributed by atoms with van der Waals surface area (Å²) in [6, 6.07) is 9.87. The van der Waals surface area contributed by atoms with Gasteiger partial charge in [-0.15, -0.1) is 5.10 Å². The molecule has 2 fully saturated rings. The van der Waals surface area contributed by atoms with Gasteiger partial charge in [-0.3, -0.25) is 4.79 Å². The molecule has 0 spiro atoms. The minimum absolute atomic E-state index is 0.180. The van der Waals surface area contributed by atoms with Crippen molar-refractivity contribution in [2.24, 2.45) is 17.8 Å². The first kappa shape index (κ1) is 14.4. The second kappa shape index (κ2) is 5.18. The summed E-state index contributed by atoms with van der Waals surface area (Å²) in [6.45, 7) is 3.98. The third-order valence-corrected chi connectivity index (χ3v) is 5.30. The number of para-hydroxylation sites is 1. The SMILES string of the molecule is CC(C)(NC(=O)C1[C@H]2CCC[C@H]12)c1cn(-c2ccccc2)nn1. The maximum absolute atomic E-state index is 12.5. The Hall–Kier alpha value is -2.17. The van der Waals surface area contributed by atoms with Crippen molar-refractivity contribution < 1.29 is 4.79 Å². The van der Waals surface area contributed by atoms with Crippen LogP contribution in [0, 0.1) is 17.8 Å². The lowest BCUT2D eigenvalue weighted by Gasteiger charge is -2.24. The normalized spacial score (nSPS) is 25.9. The number of aromatic nitrogens is 3. The van der Waals surface area contributed by atoms with Crippen LogP contribution in [-0.2, 0) is 10.3 Å². The number of benzene rings is 1. The molecule has 1 aromatic heterocycles. The molecule has 1 aromatic carbocycles. The summed E-state index contributed by atoms with van der Waals surface area (Å²) in [7, 11) is 0. The lowest BCUT2D eigenvalue weighted by molar-refractivity contribution is -0.124. The molecule has 0 radical (unpaired) electrons. The van der Waals surface area contributed by atoms with Gasteiger partial charge < -0.3 is 5.32 Å². The first-order chi connectivity index (χ1) is 11.1. The summed E-state index contributed by atoms with van der Waals surface area (Å²) >= 11 is 0. The van der Waals surface area contributed by atoms with Crippen LogP contribution in [0.25, 0.3) is 5.69 Å². The Bertz CT molecular complexity index is 712. The molecule has 23 heavy (non-hydrogen) atoms. The Kier molecular flexibility index (Phi) is 3.25. The lowest BCUT2D eigenvalue weighted by atomic mass is 10.0. The Balaban J connectivity index is 1.48. The topological polar surface area (TPSA) is 59.8 Å². The highest BCUT2D eigenvalue weighted by Crippen LogP contribution is 2.57. The molecule has 5 heteroatoms. The van der Waals surface area contributed by atoms with Crippen molar-refractivity contribution in [1.29, 1.82) is 0 Å². The number of rotatable bonds is 4. The van der Waals surface area contributed by atoms with E-state index in [0.29, 0.717) is 11.8 Å². The monoisotopic (exact) mass is 310 g/mol. The highest BCUT2D eigenvalue weighted by molar-refractivity contribution is 5.83. The molecule has 2 atom stereocenters. The number of nitrogens with one attached hydrogen (secondary N) is 1. The van der Waals surface area contributed by atoms with Crippen LogP contribution in [0.4, 0.5) is 0 Å². The standard InChI is InChI=1S/C18H22N4O/c1-18(2,19-17(23)16-13-9-6-10-14(13)16)15-11-22(21-20-15)12-7-4-3-5-8-12/h3-5,7-8,11,13-14,16H,6,9-10H2,1-2H3,(H,19,23)/t13-,14-/m0/s1. The smallest absolute Gasteiger partial charge is 0.224 e. The van der Waals surface area contributed by atoms with Gasteiger partial charge in [0, 0.05) is 5.92 Å². The Morgan fingerprint density at radius 3 is 2.61 bits per heavy atom. The van der Waals surface area contributed by atoms with Gasteiger partial charge in [-0.05, 0) is 50.7 Å².